The molecule has 1 N–H and O–H groups in total. The van der Waals surface area contributed by atoms with Gasteiger partial charge in [0, 0.05) is 5.02 Å². The van der Waals surface area contributed by atoms with Crippen molar-refractivity contribution < 1.29 is 4.74 Å². The predicted molar refractivity (Wildman–Crippen MR) is 87.9 cm³/mol. The Kier molecular flexibility index (Phi) is 8.72. The van der Waals surface area contributed by atoms with Crippen LogP contribution in [0.3, 0.4) is 0 Å². The minimum Gasteiger partial charge on any atom is -0.493 e. The van der Waals surface area contributed by atoms with Crippen LogP contribution in [0.5, 0.6) is 5.75 Å². The highest BCUT2D eigenvalue weighted by Crippen LogP contribution is 2.21. The van der Waals surface area contributed by atoms with E-state index in [-0.39, 0.29) is 0 Å². The van der Waals surface area contributed by atoms with Crippen LogP contribution < -0.4 is 10.1 Å². The van der Waals surface area contributed by atoms with Gasteiger partial charge in [-0.2, -0.15) is 0 Å². The number of benzene rings is 1. The molecule has 114 valence electrons. The van der Waals surface area contributed by atoms with Crippen molar-refractivity contribution in [2.45, 2.75) is 46.5 Å². The third-order valence-electron chi connectivity index (χ3n) is 3.20. The summed E-state index contributed by atoms with van der Waals surface area (Å²) in [5.41, 5.74) is 1.11. The first kappa shape index (κ1) is 17.3. The van der Waals surface area contributed by atoms with Crippen LogP contribution in [0, 0.1) is 12.8 Å². The zero-order chi connectivity index (χ0) is 14.8. The third-order valence-corrected chi connectivity index (χ3v) is 3.43. The molecule has 0 saturated carbocycles. The molecule has 0 atom stereocenters. The summed E-state index contributed by atoms with van der Waals surface area (Å²) in [4.78, 5) is 0. The van der Waals surface area contributed by atoms with Gasteiger partial charge >= 0.3 is 0 Å². The van der Waals surface area contributed by atoms with Gasteiger partial charge in [0.05, 0.1) is 6.61 Å². The van der Waals surface area contributed by atoms with Crippen molar-refractivity contribution in [3.8, 4) is 5.75 Å². The average Bonchev–Trinajstić information content (AvgIpc) is 2.38. The van der Waals surface area contributed by atoms with Crippen molar-refractivity contribution in [2.75, 3.05) is 19.7 Å². The minimum atomic E-state index is 0.742. The molecule has 1 aromatic rings. The molecule has 0 fully saturated rings. The second-order valence-corrected chi connectivity index (χ2v) is 6.21. The van der Waals surface area contributed by atoms with E-state index in [9.17, 15) is 0 Å². The topological polar surface area (TPSA) is 21.3 Å². The summed E-state index contributed by atoms with van der Waals surface area (Å²) in [6.45, 7) is 9.56. The highest BCUT2D eigenvalue weighted by atomic mass is 35.5. The van der Waals surface area contributed by atoms with Crippen molar-refractivity contribution >= 4 is 11.6 Å². The molecule has 0 aromatic heterocycles. The Balaban J connectivity index is 1.99. The molecule has 0 aliphatic heterocycles. The van der Waals surface area contributed by atoms with E-state index in [1.54, 1.807) is 0 Å². The lowest BCUT2D eigenvalue weighted by Gasteiger charge is -2.09. The Morgan fingerprint density at radius 3 is 2.60 bits per heavy atom. The molecule has 0 aliphatic rings. The van der Waals surface area contributed by atoms with Crippen molar-refractivity contribution in [2.24, 2.45) is 5.92 Å². The van der Waals surface area contributed by atoms with Crippen LogP contribution in [0.15, 0.2) is 18.2 Å². The van der Waals surface area contributed by atoms with Gasteiger partial charge in [-0.05, 0) is 62.5 Å². The van der Waals surface area contributed by atoms with Crippen LogP contribution in [0.1, 0.15) is 45.1 Å². The van der Waals surface area contributed by atoms with E-state index < -0.39 is 0 Å². The average molecular weight is 298 g/mol. The summed E-state index contributed by atoms with van der Waals surface area (Å²) in [5.74, 6) is 1.69. The van der Waals surface area contributed by atoms with E-state index in [4.69, 9.17) is 16.3 Å². The summed E-state index contributed by atoms with van der Waals surface area (Å²) >= 11 is 5.92. The Hall–Kier alpha value is -0.730. The Bertz CT molecular complexity index is 379. The monoisotopic (exact) mass is 297 g/mol. The van der Waals surface area contributed by atoms with Gasteiger partial charge in [0.15, 0.2) is 0 Å². The van der Waals surface area contributed by atoms with Gasteiger partial charge in [-0.25, -0.2) is 0 Å². The molecule has 0 spiro atoms. The van der Waals surface area contributed by atoms with Gasteiger partial charge < -0.3 is 10.1 Å². The maximum atomic E-state index is 5.92. The number of nitrogens with one attached hydrogen (secondary N) is 1. The number of ether oxygens (including phenoxy) is 1. The zero-order valence-electron chi connectivity index (χ0n) is 13.0. The lowest BCUT2D eigenvalue weighted by atomic mass is 10.2. The van der Waals surface area contributed by atoms with Crippen molar-refractivity contribution in [1.29, 1.82) is 0 Å². The van der Waals surface area contributed by atoms with Gasteiger partial charge in [-0.15, -0.1) is 0 Å². The molecule has 0 aliphatic carbocycles. The summed E-state index contributed by atoms with van der Waals surface area (Å²) in [7, 11) is 0. The molecular weight excluding hydrogens is 270 g/mol. The van der Waals surface area contributed by atoms with Gasteiger partial charge in [0.25, 0.3) is 0 Å². The first-order valence-electron chi connectivity index (χ1n) is 7.69. The molecule has 0 heterocycles. The Morgan fingerprint density at radius 2 is 1.90 bits per heavy atom. The third kappa shape index (κ3) is 7.76. The Morgan fingerprint density at radius 1 is 1.15 bits per heavy atom. The van der Waals surface area contributed by atoms with Crippen molar-refractivity contribution in [3.63, 3.8) is 0 Å². The maximum Gasteiger partial charge on any atom is 0.122 e. The van der Waals surface area contributed by atoms with Crippen LogP contribution in [-0.4, -0.2) is 19.7 Å². The number of hydrogen-bond acceptors (Lipinski definition) is 2. The molecule has 3 heteroatoms. The number of hydrogen-bond donors (Lipinski definition) is 1. The van der Waals surface area contributed by atoms with Gasteiger partial charge in [0.2, 0.25) is 0 Å². The molecule has 0 radical (unpaired) electrons. The standard InChI is InChI=1S/C17H28ClNO/c1-14(2)13-19-10-6-4-5-7-11-20-17-9-8-16(18)12-15(17)3/h8-9,12,14,19H,4-7,10-11,13H2,1-3H3. The van der Waals surface area contributed by atoms with Crippen LogP contribution >= 0.6 is 11.6 Å². The molecule has 2 nitrogen and oxygen atoms in total. The number of aryl methyl sites for hydroxylation is 1. The molecular formula is C17H28ClNO. The lowest BCUT2D eigenvalue weighted by molar-refractivity contribution is 0.302. The first-order valence-corrected chi connectivity index (χ1v) is 8.07. The van der Waals surface area contributed by atoms with Crippen LogP contribution in [0.4, 0.5) is 0 Å². The quantitative estimate of drug-likeness (QED) is 0.624. The van der Waals surface area contributed by atoms with Crippen LogP contribution in [0.25, 0.3) is 0 Å². The molecule has 1 rings (SSSR count). The smallest absolute Gasteiger partial charge is 0.122 e. The van der Waals surface area contributed by atoms with E-state index in [1.807, 2.05) is 25.1 Å². The fourth-order valence-corrected chi connectivity index (χ4v) is 2.28. The van der Waals surface area contributed by atoms with E-state index in [0.717, 1.165) is 48.4 Å². The normalized spacial score (nSPS) is 11.1. The number of unbranched alkanes of at least 4 members (excludes halogenated alkanes) is 3. The molecule has 1 aromatic carbocycles. The molecule has 0 bridgehead atoms. The van der Waals surface area contributed by atoms with Crippen LogP contribution in [-0.2, 0) is 0 Å². The van der Waals surface area contributed by atoms with Crippen LogP contribution in [0.2, 0.25) is 5.02 Å². The second kappa shape index (κ2) is 10.1. The lowest BCUT2D eigenvalue weighted by Crippen LogP contribution is -2.20. The van der Waals surface area contributed by atoms with E-state index in [0.29, 0.717) is 0 Å². The zero-order valence-corrected chi connectivity index (χ0v) is 13.8. The van der Waals surface area contributed by atoms with E-state index >= 15 is 0 Å². The minimum absolute atomic E-state index is 0.742. The second-order valence-electron chi connectivity index (χ2n) is 5.77. The molecule has 20 heavy (non-hydrogen) atoms. The molecule has 0 amide bonds. The maximum absolute atomic E-state index is 5.92. The molecule has 0 unspecified atom stereocenters. The largest absolute Gasteiger partial charge is 0.493 e. The highest BCUT2D eigenvalue weighted by molar-refractivity contribution is 6.30. The van der Waals surface area contributed by atoms with E-state index in [2.05, 4.69) is 19.2 Å². The van der Waals surface area contributed by atoms with Gasteiger partial charge in [0.1, 0.15) is 5.75 Å². The predicted octanol–water partition coefficient (Wildman–Crippen LogP) is 4.83. The SMILES string of the molecule is Cc1cc(Cl)ccc1OCCCCCCNCC(C)C. The fraction of sp³-hybridized carbons (Fsp3) is 0.647. The summed E-state index contributed by atoms with van der Waals surface area (Å²) < 4.78 is 5.78. The number of halogens is 1. The number of rotatable bonds is 10. The first-order chi connectivity index (χ1) is 9.59. The van der Waals surface area contributed by atoms with Crippen molar-refractivity contribution in [1.82, 2.24) is 5.32 Å². The summed E-state index contributed by atoms with van der Waals surface area (Å²) in [5, 5.41) is 4.24. The Labute approximate surface area is 128 Å². The van der Waals surface area contributed by atoms with E-state index in [1.165, 1.54) is 19.3 Å². The van der Waals surface area contributed by atoms with Crippen molar-refractivity contribution in [3.05, 3.63) is 28.8 Å². The van der Waals surface area contributed by atoms with Gasteiger partial charge in [-0.1, -0.05) is 38.3 Å². The molecule has 0 saturated heterocycles. The summed E-state index contributed by atoms with van der Waals surface area (Å²) in [6.07, 6.45) is 4.88. The summed E-state index contributed by atoms with van der Waals surface area (Å²) in [6, 6.07) is 5.77. The van der Waals surface area contributed by atoms with Gasteiger partial charge in [-0.3, -0.25) is 0 Å². The fourth-order valence-electron chi connectivity index (χ4n) is 2.05. The highest BCUT2D eigenvalue weighted by Gasteiger charge is 2.00.